The number of carbonyl (C=O) groups is 1. The zero-order valence-electron chi connectivity index (χ0n) is 15.2. The number of hydrogen-bond donors (Lipinski definition) is 1. The standard InChI is InChI=1S/C19H25N3O3/c1-19(2,3)25-18(23)22-11-9-13(12-22)21-15-7-8-16(24-4)17-14(15)6-5-10-20-17/h5-8,10,13,21H,9,11-12H2,1-4H3. The summed E-state index contributed by atoms with van der Waals surface area (Å²) in [6, 6.07) is 8.03. The van der Waals surface area contributed by atoms with Gasteiger partial charge in [-0.3, -0.25) is 4.98 Å². The first-order valence-electron chi connectivity index (χ1n) is 8.53. The molecule has 1 atom stereocenters. The molecule has 1 amide bonds. The van der Waals surface area contributed by atoms with Crippen molar-refractivity contribution in [2.24, 2.45) is 0 Å². The number of nitrogens with one attached hydrogen (secondary N) is 1. The molecule has 1 aromatic heterocycles. The summed E-state index contributed by atoms with van der Waals surface area (Å²) in [5.74, 6) is 0.753. The fraction of sp³-hybridized carbons (Fsp3) is 0.474. The fourth-order valence-electron chi connectivity index (χ4n) is 3.03. The van der Waals surface area contributed by atoms with E-state index in [1.165, 1.54) is 0 Å². The summed E-state index contributed by atoms with van der Waals surface area (Å²) in [4.78, 5) is 18.4. The number of aromatic nitrogens is 1. The first-order chi connectivity index (χ1) is 11.9. The minimum Gasteiger partial charge on any atom is -0.494 e. The van der Waals surface area contributed by atoms with E-state index in [0.717, 1.165) is 28.8 Å². The molecule has 0 spiro atoms. The molecule has 0 saturated carbocycles. The Labute approximate surface area is 148 Å². The number of fused-ring (bicyclic) bond motifs is 1. The second kappa shape index (κ2) is 6.78. The van der Waals surface area contributed by atoms with Crippen LogP contribution in [0.4, 0.5) is 10.5 Å². The van der Waals surface area contributed by atoms with Gasteiger partial charge in [-0.1, -0.05) is 0 Å². The van der Waals surface area contributed by atoms with Crippen LogP contribution in [0.15, 0.2) is 30.5 Å². The second-order valence-corrected chi connectivity index (χ2v) is 7.27. The summed E-state index contributed by atoms with van der Waals surface area (Å²) in [5.41, 5.74) is 1.36. The number of benzene rings is 1. The number of anilines is 1. The number of carbonyl (C=O) groups excluding carboxylic acids is 1. The van der Waals surface area contributed by atoms with Crippen LogP contribution in [0.2, 0.25) is 0 Å². The summed E-state index contributed by atoms with van der Waals surface area (Å²) >= 11 is 0. The molecular formula is C19H25N3O3. The fourth-order valence-corrected chi connectivity index (χ4v) is 3.03. The van der Waals surface area contributed by atoms with Crippen molar-refractivity contribution in [1.82, 2.24) is 9.88 Å². The van der Waals surface area contributed by atoms with Gasteiger partial charge in [-0.2, -0.15) is 0 Å². The minimum atomic E-state index is -0.472. The summed E-state index contributed by atoms with van der Waals surface area (Å²) in [6.45, 7) is 6.97. The van der Waals surface area contributed by atoms with E-state index in [2.05, 4.69) is 10.3 Å². The molecule has 0 bridgehead atoms. The predicted molar refractivity (Wildman–Crippen MR) is 98.1 cm³/mol. The molecule has 2 aromatic rings. The van der Waals surface area contributed by atoms with E-state index in [0.29, 0.717) is 13.1 Å². The number of rotatable bonds is 3. The van der Waals surface area contributed by atoms with Crippen molar-refractivity contribution in [3.05, 3.63) is 30.5 Å². The van der Waals surface area contributed by atoms with E-state index in [9.17, 15) is 4.79 Å². The van der Waals surface area contributed by atoms with Crippen molar-refractivity contribution < 1.29 is 14.3 Å². The van der Waals surface area contributed by atoms with Gasteiger partial charge in [0.15, 0.2) is 0 Å². The number of methoxy groups -OCH3 is 1. The number of amides is 1. The first kappa shape index (κ1) is 17.3. The van der Waals surface area contributed by atoms with E-state index in [-0.39, 0.29) is 12.1 Å². The van der Waals surface area contributed by atoms with Crippen LogP contribution in [0.25, 0.3) is 10.9 Å². The predicted octanol–water partition coefficient (Wildman–Crippen LogP) is 3.66. The van der Waals surface area contributed by atoms with Crippen LogP contribution in [-0.2, 0) is 4.74 Å². The average molecular weight is 343 g/mol. The Kier molecular flexibility index (Phi) is 4.70. The number of ether oxygens (including phenoxy) is 2. The van der Waals surface area contributed by atoms with E-state index in [4.69, 9.17) is 9.47 Å². The van der Waals surface area contributed by atoms with Crippen molar-refractivity contribution in [3.8, 4) is 5.75 Å². The quantitative estimate of drug-likeness (QED) is 0.921. The van der Waals surface area contributed by atoms with Crippen molar-refractivity contribution in [3.63, 3.8) is 0 Å². The van der Waals surface area contributed by atoms with Crippen LogP contribution in [-0.4, -0.2) is 47.8 Å². The number of nitrogens with zero attached hydrogens (tertiary/aromatic N) is 2. The molecule has 1 aliphatic heterocycles. The van der Waals surface area contributed by atoms with Crippen LogP contribution < -0.4 is 10.1 Å². The Balaban J connectivity index is 1.72. The third-order valence-corrected chi connectivity index (χ3v) is 4.15. The molecule has 1 fully saturated rings. The van der Waals surface area contributed by atoms with E-state index < -0.39 is 5.60 Å². The van der Waals surface area contributed by atoms with Crippen molar-refractivity contribution >= 4 is 22.7 Å². The normalized spacial score (nSPS) is 17.6. The van der Waals surface area contributed by atoms with Gasteiger partial charge in [0.1, 0.15) is 16.9 Å². The second-order valence-electron chi connectivity index (χ2n) is 7.27. The molecule has 0 aliphatic carbocycles. The van der Waals surface area contributed by atoms with Crippen LogP contribution in [0, 0.1) is 0 Å². The molecule has 1 aliphatic rings. The molecule has 0 radical (unpaired) electrons. The van der Waals surface area contributed by atoms with Crippen LogP contribution >= 0.6 is 0 Å². The SMILES string of the molecule is COc1ccc(NC2CCN(C(=O)OC(C)(C)C)C2)c2cccnc12. The molecule has 1 aromatic carbocycles. The number of pyridine rings is 1. The van der Waals surface area contributed by atoms with Gasteiger partial charge in [0, 0.05) is 36.4 Å². The molecule has 1 N–H and O–H groups in total. The summed E-state index contributed by atoms with van der Waals surface area (Å²) in [5, 5.41) is 4.55. The Bertz CT molecular complexity index is 770. The molecule has 3 rings (SSSR count). The summed E-state index contributed by atoms with van der Waals surface area (Å²) < 4.78 is 10.8. The zero-order chi connectivity index (χ0) is 18.0. The topological polar surface area (TPSA) is 63.7 Å². The highest BCUT2D eigenvalue weighted by atomic mass is 16.6. The molecule has 1 unspecified atom stereocenters. The highest BCUT2D eigenvalue weighted by molar-refractivity contribution is 5.95. The molecule has 134 valence electrons. The van der Waals surface area contributed by atoms with Crippen LogP contribution in [0.3, 0.4) is 0 Å². The maximum atomic E-state index is 12.2. The average Bonchev–Trinajstić information content (AvgIpc) is 3.02. The maximum absolute atomic E-state index is 12.2. The Morgan fingerprint density at radius 1 is 1.32 bits per heavy atom. The largest absolute Gasteiger partial charge is 0.494 e. The van der Waals surface area contributed by atoms with E-state index >= 15 is 0 Å². The number of hydrogen-bond acceptors (Lipinski definition) is 5. The summed E-state index contributed by atoms with van der Waals surface area (Å²) in [7, 11) is 1.65. The molecule has 6 nitrogen and oxygen atoms in total. The lowest BCUT2D eigenvalue weighted by Crippen LogP contribution is -2.36. The van der Waals surface area contributed by atoms with Gasteiger partial charge < -0.3 is 19.7 Å². The van der Waals surface area contributed by atoms with Crippen molar-refractivity contribution in [1.29, 1.82) is 0 Å². The third kappa shape index (κ3) is 3.95. The Morgan fingerprint density at radius 2 is 2.12 bits per heavy atom. The third-order valence-electron chi connectivity index (χ3n) is 4.15. The lowest BCUT2D eigenvalue weighted by Gasteiger charge is -2.24. The first-order valence-corrected chi connectivity index (χ1v) is 8.53. The zero-order valence-corrected chi connectivity index (χ0v) is 15.2. The van der Waals surface area contributed by atoms with Gasteiger partial charge >= 0.3 is 6.09 Å². The molecule has 6 heteroatoms. The highest BCUT2D eigenvalue weighted by Crippen LogP contribution is 2.31. The Morgan fingerprint density at radius 3 is 2.84 bits per heavy atom. The molecular weight excluding hydrogens is 318 g/mol. The van der Waals surface area contributed by atoms with E-state index in [1.807, 2.05) is 45.0 Å². The molecule has 25 heavy (non-hydrogen) atoms. The molecule has 1 saturated heterocycles. The van der Waals surface area contributed by atoms with Gasteiger partial charge in [0.25, 0.3) is 0 Å². The van der Waals surface area contributed by atoms with Gasteiger partial charge in [0.2, 0.25) is 0 Å². The highest BCUT2D eigenvalue weighted by Gasteiger charge is 2.30. The minimum absolute atomic E-state index is 0.185. The van der Waals surface area contributed by atoms with E-state index in [1.54, 1.807) is 18.2 Å². The van der Waals surface area contributed by atoms with Gasteiger partial charge in [-0.15, -0.1) is 0 Å². The van der Waals surface area contributed by atoms with Gasteiger partial charge in [0.05, 0.1) is 7.11 Å². The van der Waals surface area contributed by atoms with Crippen molar-refractivity contribution in [2.45, 2.75) is 38.8 Å². The van der Waals surface area contributed by atoms with Crippen LogP contribution in [0.1, 0.15) is 27.2 Å². The number of likely N-dealkylation sites (tertiary alicyclic amines) is 1. The maximum Gasteiger partial charge on any atom is 0.410 e. The smallest absolute Gasteiger partial charge is 0.410 e. The van der Waals surface area contributed by atoms with Crippen LogP contribution in [0.5, 0.6) is 5.75 Å². The summed E-state index contributed by atoms with van der Waals surface area (Å²) in [6.07, 6.45) is 2.39. The van der Waals surface area contributed by atoms with Gasteiger partial charge in [-0.25, -0.2) is 4.79 Å². The van der Waals surface area contributed by atoms with Crippen molar-refractivity contribution in [2.75, 3.05) is 25.5 Å². The van der Waals surface area contributed by atoms with Gasteiger partial charge in [-0.05, 0) is 51.5 Å². The Hall–Kier alpha value is -2.50. The lowest BCUT2D eigenvalue weighted by atomic mass is 10.1. The lowest BCUT2D eigenvalue weighted by molar-refractivity contribution is 0.0293. The monoisotopic (exact) mass is 343 g/mol. The molecule has 2 heterocycles.